The third-order valence-corrected chi connectivity index (χ3v) is 5.26. The number of benzene rings is 1. The van der Waals surface area contributed by atoms with Crippen molar-refractivity contribution >= 4 is 5.69 Å². The second kappa shape index (κ2) is 6.03. The van der Waals surface area contributed by atoms with Crippen LogP contribution in [-0.2, 0) is 6.54 Å². The quantitative estimate of drug-likeness (QED) is 0.690. The van der Waals surface area contributed by atoms with Crippen molar-refractivity contribution in [2.75, 3.05) is 26.2 Å². The fourth-order valence-electron chi connectivity index (χ4n) is 3.98. The minimum Gasteiger partial charge on any atom is -0.459 e. The van der Waals surface area contributed by atoms with E-state index in [0.717, 1.165) is 38.5 Å². The highest BCUT2D eigenvalue weighted by atomic mass is 16.6. The van der Waals surface area contributed by atoms with E-state index in [9.17, 15) is 10.1 Å². The number of nitrogens with one attached hydrogen (secondary N) is 1. The molecular formula is C18H21N3O3. The summed E-state index contributed by atoms with van der Waals surface area (Å²) in [6.07, 6.45) is 2.49. The second-order valence-electron chi connectivity index (χ2n) is 6.93. The number of rotatable bonds is 4. The molecule has 3 heterocycles. The molecule has 1 atom stereocenters. The maximum atomic E-state index is 11.2. The zero-order valence-corrected chi connectivity index (χ0v) is 13.5. The van der Waals surface area contributed by atoms with Gasteiger partial charge in [-0.1, -0.05) is 12.1 Å². The van der Waals surface area contributed by atoms with Gasteiger partial charge in [-0.15, -0.1) is 0 Å². The molecule has 0 amide bonds. The zero-order chi connectivity index (χ0) is 16.6. The standard InChI is InChI=1S/C18H21N3O3/c22-21(23)16-4-2-1-3-15(16)17-6-5-14(24-17)11-20-10-8-18(13-20)7-9-19-12-18/h1-6,19H,7-13H2. The Morgan fingerprint density at radius 1 is 1.25 bits per heavy atom. The van der Waals surface area contributed by atoms with E-state index >= 15 is 0 Å². The number of hydrogen-bond acceptors (Lipinski definition) is 5. The summed E-state index contributed by atoms with van der Waals surface area (Å²) in [6.45, 7) is 5.19. The lowest BCUT2D eigenvalue weighted by Crippen LogP contribution is -2.28. The van der Waals surface area contributed by atoms with Crippen molar-refractivity contribution < 1.29 is 9.34 Å². The van der Waals surface area contributed by atoms with Gasteiger partial charge in [0.05, 0.1) is 17.0 Å². The van der Waals surface area contributed by atoms with Gasteiger partial charge in [0.25, 0.3) is 5.69 Å². The van der Waals surface area contributed by atoms with Crippen LogP contribution in [0.25, 0.3) is 11.3 Å². The van der Waals surface area contributed by atoms with Gasteiger partial charge in [-0.2, -0.15) is 0 Å². The fourth-order valence-corrected chi connectivity index (χ4v) is 3.98. The van der Waals surface area contributed by atoms with Crippen molar-refractivity contribution in [3.05, 3.63) is 52.3 Å². The van der Waals surface area contributed by atoms with Gasteiger partial charge in [-0.05, 0) is 49.5 Å². The van der Waals surface area contributed by atoms with Crippen LogP contribution in [0, 0.1) is 15.5 Å². The van der Waals surface area contributed by atoms with E-state index in [0.29, 0.717) is 16.7 Å². The summed E-state index contributed by atoms with van der Waals surface area (Å²) >= 11 is 0. The monoisotopic (exact) mass is 327 g/mol. The lowest BCUT2D eigenvalue weighted by atomic mass is 9.87. The van der Waals surface area contributed by atoms with E-state index in [1.165, 1.54) is 18.9 Å². The molecule has 2 aromatic rings. The van der Waals surface area contributed by atoms with Crippen LogP contribution in [0.3, 0.4) is 0 Å². The first-order valence-corrected chi connectivity index (χ1v) is 8.41. The molecule has 24 heavy (non-hydrogen) atoms. The van der Waals surface area contributed by atoms with E-state index in [4.69, 9.17) is 4.42 Å². The van der Waals surface area contributed by atoms with Gasteiger partial charge in [-0.3, -0.25) is 15.0 Å². The van der Waals surface area contributed by atoms with Gasteiger partial charge < -0.3 is 9.73 Å². The Labute approximate surface area is 140 Å². The third kappa shape index (κ3) is 2.83. The highest BCUT2D eigenvalue weighted by Gasteiger charge is 2.40. The molecule has 6 nitrogen and oxygen atoms in total. The first kappa shape index (κ1) is 15.4. The smallest absolute Gasteiger partial charge is 0.280 e. The predicted octanol–water partition coefficient (Wildman–Crippen LogP) is 3.04. The summed E-state index contributed by atoms with van der Waals surface area (Å²) in [7, 11) is 0. The molecule has 126 valence electrons. The van der Waals surface area contributed by atoms with Crippen molar-refractivity contribution in [3.8, 4) is 11.3 Å². The summed E-state index contributed by atoms with van der Waals surface area (Å²) in [6, 6.07) is 10.5. The number of hydrogen-bond donors (Lipinski definition) is 1. The van der Waals surface area contributed by atoms with Gasteiger partial charge in [0.15, 0.2) is 0 Å². The molecular weight excluding hydrogens is 306 g/mol. The van der Waals surface area contributed by atoms with Crippen LogP contribution >= 0.6 is 0 Å². The van der Waals surface area contributed by atoms with E-state index < -0.39 is 0 Å². The summed E-state index contributed by atoms with van der Waals surface area (Å²) < 4.78 is 5.91. The number of furan rings is 1. The molecule has 2 aliphatic rings. The maximum absolute atomic E-state index is 11.2. The fraction of sp³-hybridized carbons (Fsp3) is 0.444. The molecule has 0 radical (unpaired) electrons. The number of nitrogens with zero attached hydrogens (tertiary/aromatic N) is 2. The highest BCUT2D eigenvalue weighted by Crippen LogP contribution is 2.37. The van der Waals surface area contributed by atoms with Gasteiger partial charge >= 0.3 is 0 Å². The molecule has 1 unspecified atom stereocenters. The van der Waals surface area contributed by atoms with Crippen molar-refractivity contribution in [2.45, 2.75) is 19.4 Å². The van der Waals surface area contributed by atoms with Crippen LogP contribution in [0.5, 0.6) is 0 Å². The van der Waals surface area contributed by atoms with Crippen LogP contribution in [0.4, 0.5) is 5.69 Å². The number of nitro benzene ring substituents is 1. The molecule has 6 heteroatoms. The van der Waals surface area contributed by atoms with Crippen LogP contribution in [0.1, 0.15) is 18.6 Å². The number of para-hydroxylation sites is 1. The predicted molar refractivity (Wildman–Crippen MR) is 90.6 cm³/mol. The minimum absolute atomic E-state index is 0.0792. The molecule has 4 rings (SSSR count). The van der Waals surface area contributed by atoms with Crippen molar-refractivity contribution in [2.24, 2.45) is 5.41 Å². The summed E-state index contributed by atoms with van der Waals surface area (Å²) in [5.41, 5.74) is 1.05. The average Bonchev–Trinajstić information content (AvgIpc) is 3.31. The Morgan fingerprint density at radius 3 is 2.92 bits per heavy atom. The third-order valence-electron chi connectivity index (χ3n) is 5.26. The van der Waals surface area contributed by atoms with Gasteiger partial charge in [-0.25, -0.2) is 0 Å². The van der Waals surface area contributed by atoms with Gasteiger partial charge in [0.2, 0.25) is 0 Å². The molecule has 1 spiro atoms. The molecule has 1 aromatic carbocycles. The van der Waals surface area contributed by atoms with Crippen LogP contribution in [0.2, 0.25) is 0 Å². The topological polar surface area (TPSA) is 71.6 Å². The van der Waals surface area contributed by atoms with Gasteiger partial charge in [0, 0.05) is 19.2 Å². The van der Waals surface area contributed by atoms with Crippen molar-refractivity contribution in [1.29, 1.82) is 0 Å². The lowest BCUT2D eigenvalue weighted by Gasteiger charge is -2.22. The zero-order valence-electron chi connectivity index (χ0n) is 13.5. The first-order valence-electron chi connectivity index (χ1n) is 8.41. The Morgan fingerprint density at radius 2 is 2.12 bits per heavy atom. The maximum Gasteiger partial charge on any atom is 0.280 e. The molecule has 0 bridgehead atoms. The lowest BCUT2D eigenvalue weighted by molar-refractivity contribution is -0.384. The summed E-state index contributed by atoms with van der Waals surface area (Å²) in [5.74, 6) is 1.43. The summed E-state index contributed by atoms with van der Waals surface area (Å²) in [5, 5.41) is 14.6. The largest absolute Gasteiger partial charge is 0.459 e. The average molecular weight is 327 g/mol. The van der Waals surface area contributed by atoms with E-state index in [1.807, 2.05) is 12.1 Å². The van der Waals surface area contributed by atoms with E-state index in [2.05, 4.69) is 10.2 Å². The van der Waals surface area contributed by atoms with Crippen LogP contribution in [0.15, 0.2) is 40.8 Å². The SMILES string of the molecule is O=[N+]([O-])c1ccccc1-c1ccc(CN2CCC3(CCNC3)C2)o1. The number of nitro groups is 1. The molecule has 0 saturated carbocycles. The van der Waals surface area contributed by atoms with Crippen molar-refractivity contribution in [3.63, 3.8) is 0 Å². The molecule has 0 aliphatic carbocycles. The van der Waals surface area contributed by atoms with E-state index in [1.54, 1.807) is 18.2 Å². The molecule has 2 saturated heterocycles. The molecule has 2 aliphatic heterocycles. The second-order valence-corrected chi connectivity index (χ2v) is 6.93. The van der Waals surface area contributed by atoms with Crippen molar-refractivity contribution in [1.82, 2.24) is 10.2 Å². The summed E-state index contributed by atoms with van der Waals surface area (Å²) in [4.78, 5) is 13.2. The molecule has 1 N–H and O–H groups in total. The van der Waals surface area contributed by atoms with Crippen LogP contribution in [-0.4, -0.2) is 36.0 Å². The Hall–Kier alpha value is -2.18. The minimum atomic E-state index is -0.366. The Kier molecular flexibility index (Phi) is 3.86. The Balaban J connectivity index is 1.49. The highest BCUT2D eigenvalue weighted by molar-refractivity contribution is 5.69. The Bertz CT molecular complexity index is 749. The van der Waals surface area contributed by atoms with E-state index in [-0.39, 0.29) is 10.6 Å². The van der Waals surface area contributed by atoms with Crippen LogP contribution < -0.4 is 5.32 Å². The molecule has 1 aromatic heterocycles. The van der Waals surface area contributed by atoms with Gasteiger partial charge in [0.1, 0.15) is 11.5 Å². The molecule has 2 fully saturated rings. The normalized spacial score (nSPS) is 24.0. The first-order chi connectivity index (χ1) is 11.7. The number of likely N-dealkylation sites (tertiary alicyclic amines) is 1.